The third kappa shape index (κ3) is 3.82. The number of carbonyl (C=O) groups is 1. The molecule has 2 N–H and O–H groups in total. The lowest BCUT2D eigenvalue weighted by molar-refractivity contribution is 0.0588. The monoisotopic (exact) mass is 376 g/mol. The predicted octanol–water partition coefficient (Wildman–Crippen LogP) is 1.08. The van der Waals surface area contributed by atoms with E-state index in [1.807, 2.05) is 6.92 Å². The normalized spacial score (nSPS) is 14.4. The number of hydrogen-bond acceptors (Lipinski definition) is 8. The van der Waals surface area contributed by atoms with E-state index >= 15 is 0 Å². The van der Waals surface area contributed by atoms with Gasteiger partial charge in [0.1, 0.15) is 0 Å². The Morgan fingerprint density at radius 2 is 2.11 bits per heavy atom. The van der Waals surface area contributed by atoms with Crippen LogP contribution in [0, 0.1) is 0 Å². The molecular weight excluding hydrogens is 352 g/mol. The number of rotatable bonds is 6. The highest BCUT2D eigenvalue weighted by Crippen LogP contribution is 2.24. The zero-order valence-corrected chi connectivity index (χ0v) is 15.6. The van der Waals surface area contributed by atoms with Crippen LogP contribution in [-0.4, -0.2) is 55.4 Å². The number of fused-ring (bicyclic) bond motifs is 1. The van der Waals surface area contributed by atoms with E-state index in [4.69, 9.17) is 19.9 Å². The lowest BCUT2D eigenvalue weighted by Crippen LogP contribution is -2.36. The first-order chi connectivity index (χ1) is 13.1. The molecule has 27 heavy (non-hydrogen) atoms. The molecule has 1 aliphatic rings. The second-order valence-corrected chi connectivity index (χ2v) is 6.23. The lowest BCUT2D eigenvalue weighted by atomic mass is 10.2. The summed E-state index contributed by atoms with van der Waals surface area (Å²) in [4.78, 5) is 31.5. The molecule has 2 aromatic heterocycles. The molecule has 0 saturated carbocycles. The van der Waals surface area contributed by atoms with E-state index < -0.39 is 11.5 Å². The number of nitrogen functional groups attached to an aromatic ring is 1. The van der Waals surface area contributed by atoms with E-state index in [2.05, 4.69) is 9.88 Å². The summed E-state index contributed by atoms with van der Waals surface area (Å²) in [5.74, 6) is -0.857. The molecule has 0 unspecified atom stereocenters. The maximum atomic E-state index is 13.0. The van der Waals surface area contributed by atoms with Crippen molar-refractivity contribution in [2.75, 3.05) is 50.7 Å². The first-order valence-electron chi connectivity index (χ1n) is 8.96. The standard InChI is InChI=1S/C18H24N4O5/c1-3-4-7-27-15-14(18(24)25-2)20-16-13(19)10-12(11-22(16)17(15)23)21-5-8-26-9-6-21/h10-11H,3-9,19H2,1-2H3. The number of pyridine rings is 1. The van der Waals surface area contributed by atoms with Gasteiger partial charge in [0.2, 0.25) is 5.75 Å². The van der Waals surface area contributed by atoms with Crippen molar-refractivity contribution in [1.82, 2.24) is 9.38 Å². The van der Waals surface area contributed by atoms with Gasteiger partial charge in [-0.1, -0.05) is 13.3 Å². The highest BCUT2D eigenvalue weighted by atomic mass is 16.5. The molecule has 0 spiro atoms. The van der Waals surface area contributed by atoms with Crippen LogP contribution < -0.4 is 20.9 Å². The van der Waals surface area contributed by atoms with Crippen LogP contribution in [0.1, 0.15) is 30.3 Å². The maximum absolute atomic E-state index is 13.0. The summed E-state index contributed by atoms with van der Waals surface area (Å²) in [6, 6.07) is 1.74. The summed E-state index contributed by atoms with van der Waals surface area (Å²) >= 11 is 0. The number of unbranched alkanes of at least 4 members (excludes halogenated alkanes) is 1. The third-order valence-electron chi connectivity index (χ3n) is 4.40. The molecule has 1 fully saturated rings. The van der Waals surface area contributed by atoms with Crippen LogP contribution in [0.2, 0.25) is 0 Å². The summed E-state index contributed by atoms with van der Waals surface area (Å²) in [6.07, 6.45) is 3.31. The van der Waals surface area contributed by atoms with E-state index in [0.29, 0.717) is 38.6 Å². The van der Waals surface area contributed by atoms with Gasteiger partial charge in [0, 0.05) is 19.3 Å². The molecule has 9 heteroatoms. The molecule has 0 radical (unpaired) electrons. The number of anilines is 2. The Bertz CT molecular complexity index is 889. The molecular formula is C18H24N4O5. The van der Waals surface area contributed by atoms with Gasteiger partial charge in [-0.05, 0) is 12.5 Å². The van der Waals surface area contributed by atoms with Crippen molar-refractivity contribution in [2.24, 2.45) is 0 Å². The van der Waals surface area contributed by atoms with Gasteiger partial charge in [0.25, 0.3) is 0 Å². The molecule has 0 bridgehead atoms. The van der Waals surface area contributed by atoms with Crippen LogP contribution in [0.4, 0.5) is 11.4 Å². The van der Waals surface area contributed by atoms with Crippen molar-refractivity contribution in [3.63, 3.8) is 0 Å². The summed E-state index contributed by atoms with van der Waals surface area (Å²) < 4.78 is 17.0. The van der Waals surface area contributed by atoms with Crippen molar-refractivity contribution in [3.05, 3.63) is 28.3 Å². The second-order valence-electron chi connectivity index (χ2n) is 6.23. The van der Waals surface area contributed by atoms with Crippen molar-refractivity contribution >= 4 is 23.0 Å². The Hall–Kier alpha value is -2.81. The largest absolute Gasteiger partial charge is 0.486 e. The van der Waals surface area contributed by atoms with Crippen LogP contribution in [-0.2, 0) is 9.47 Å². The minimum atomic E-state index is -0.738. The number of nitrogens with two attached hydrogens (primary N) is 1. The van der Waals surface area contributed by atoms with E-state index in [9.17, 15) is 9.59 Å². The Kier molecular flexibility index (Phi) is 5.80. The Balaban J connectivity index is 2.14. The van der Waals surface area contributed by atoms with Crippen LogP contribution >= 0.6 is 0 Å². The van der Waals surface area contributed by atoms with Crippen LogP contribution in [0.3, 0.4) is 0 Å². The molecule has 1 saturated heterocycles. The topological polar surface area (TPSA) is 108 Å². The highest BCUT2D eigenvalue weighted by Gasteiger charge is 2.23. The van der Waals surface area contributed by atoms with E-state index in [1.165, 1.54) is 11.5 Å². The lowest BCUT2D eigenvalue weighted by Gasteiger charge is -2.29. The van der Waals surface area contributed by atoms with Gasteiger partial charge in [-0.2, -0.15) is 0 Å². The number of methoxy groups -OCH3 is 1. The molecule has 0 aliphatic carbocycles. The Labute approximate surface area is 156 Å². The third-order valence-corrected chi connectivity index (χ3v) is 4.40. The van der Waals surface area contributed by atoms with E-state index in [1.54, 1.807) is 12.3 Å². The summed E-state index contributed by atoms with van der Waals surface area (Å²) in [7, 11) is 1.23. The molecule has 3 rings (SSSR count). The van der Waals surface area contributed by atoms with E-state index in [0.717, 1.165) is 18.5 Å². The first kappa shape index (κ1) is 19.0. The number of morpholine rings is 1. The van der Waals surface area contributed by atoms with Crippen LogP contribution in [0.25, 0.3) is 5.65 Å². The Morgan fingerprint density at radius 3 is 2.78 bits per heavy atom. The predicted molar refractivity (Wildman–Crippen MR) is 101 cm³/mol. The van der Waals surface area contributed by atoms with Crippen molar-refractivity contribution in [1.29, 1.82) is 0 Å². The van der Waals surface area contributed by atoms with Gasteiger partial charge < -0.3 is 24.8 Å². The molecule has 146 valence electrons. The van der Waals surface area contributed by atoms with Crippen molar-refractivity contribution in [3.8, 4) is 5.75 Å². The molecule has 2 aromatic rings. The number of ether oxygens (including phenoxy) is 3. The summed E-state index contributed by atoms with van der Waals surface area (Å²) in [5.41, 5.74) is 6.77. The zero-order chi connectivity index (χ0) is 19.4. The van der Waals surface area contributed by atoms with Crippen LogP contribution in [0.15, 0.2) is 17.1 Å². The number of aromatic nitrogens is 2. The van der Waals surface area contributed by atoms with Gasteiger partial charge in [-0.3, -0.25) is 9.20 Å². The van der Waals surface area contributed by atoms with Gasteiger partial charge in [0.15, 0.2) is 11.3 Å². The fourth-order valence-corrected chi connectivity index (χ4v) is 2.91. The van der Waals surface area contributed by atoms with Gasteiger partial charge in [-0.25, -0.2) is 9.78 Å². The van der Waals surface area contributed by atoms with Gasteiger partial charge in [-0.15, -0.1) is 0 Å². The molecule has 1 aliphatic heterocycles. The van der Waals surface area contributed by atoms with Crippen LogP contribution in [0.5, 0.6) is 5.75 Å². The Morgan fingerprint density at radius 1 is 1.37 bits per heavy atom. The minimum absolute atomic E-state index is 0.119. The summed E-state index contributed by atoms with van der Waals surface area (Å²) in [5, 5.41) is 0. The number of nitrogens with zero attached hydrogens (tertiary/aromatic N) is 3. The quantitative estimate of drug-likeness (QED) is 0.589. The van der Waals surface area contributed by atoms with Crippen molar-refractivity contribution in [2.45, 2.75) is 19.8 Å². The second kappa shape index (κ2) is 8.26. The zero-order valence-electron chi connectivity index (χ0n) is 15.6. The fourth-order valence-electron chi connectivity index (χ4n) is 2.91. The van der Waals surface area contributed by atoms with E-state index in [-0.39, 0.29) is 17.1 Å². The molecule has 0 atom stereocenters. The minimum Gasteiger partial charge on any atom is -0.486 e. The first-order valence-corrected chi connectivity index (χ1v) is 8.96. The maximum Gasteiger partial charge on any atom is 0.360 e. The van der Waals surface area contributed by atoms with Gasteiger partial charge in [0.05, 0.1) is 38.3 Å². The molecule has 9 nitrogen and oxygen atoms in total. The van der Waals surface area contributed by atoms with Crippen molar-refractivity contribution < 1.29 is 19.0 Å². The SMILES string of the molecule is CCCCOc1c(C(=O)OC)nc2c(N)cc(N3CCOCC3)cn2c1=O. The summed E-state index contributed by atoms with van der Waals surface area (Å²) in [6.45, 7) is 4.93. The number of hydrogen-bond donors (Lipinski definition) is 1. The average molecular weight is 376 g/mol. The molecule has 0 amide bonds. The molecule has 3 heterocycles. The average Bonchev–Trinajstić information content (AvgIpc) is 2.70. The fraction of sp³-hybridized carbons (Fsp3) is 0.500. The van der Waals surface area contributed by atoms with Gasteiger partial charge >= 0.3 is 11.5 Å². The smallest absolute Gasteiger partial charge is 0.360 e. The number of carbonyl (C=O) groups excluding carboxylic acids is 1. The number of esters is 1. The molecule has 0 aromatic carbocycles. The highest BCUT2D eigenvalue weighted by molar-refractivity contribution is 5.91.